The van der Waals surface area contributed by atoms with E-state index in [1.165, 1.54) is 42.5 Å². The average molecular weight is 371 g/mol. The number of rotatable bonds is 5. The number of amides is 2. The number of nitro groups is 1. The summed E-state index contributed by atoms with van der Waals surface area (Å²) in [7, 11) is 0. The van der Waals surface area contributed by atoms with Crippen LogP contribution in [-0.4, -0.2) is 41.0 Å². The molecule has 2 aromatic carbocycles. The molecule has 0 spiro atoms. The molecule has 1 aliphatic rings. The summed E-state index contributed by atoms with van der Waals surface area (Å²) in [6.07, 6.45) is 0. The number of fused-ring (bicyclic) bond motifs is 1. The molecule has 1 aliphatic heterocycles. The molecule has 2 aromatic rings. The van der Waals surface area contributed by atoms with Gasteiger partial charge in [0.2, 0.25) is 5.91 Å². The molecule has 0 radical (unpaired) electrons. The highest BCUT2D eigenvalue weighted by Crippen LogP contribution is 2.33. The Kier molecular flexibility index (Phi) is 4.71. The lowest BCUT2D eigenvalue weighted by atomic mass is 10.1. The largest absolute Gasteiger partial charge is 0.482 e. The highest BCUT2D eigenvalue weighted by atomic mass is 16.6. The van der Waals surface area contributed by atoms with Crippen LogP contribution in [0, 0.1) is 10.1 Å². The molecule has 0 saturated carbocycles. The number of hydrogen-bond donors (Lipinski definition) is 2. The molecule has 0 unspecified atom stereocenters. The predicted molar refractivity (Wildman–Crippen MR) is 93.0 cm³/mol. The minimum absolute atomic E-state index is 0.0483. The van der Waals surface area contributed by atoms with Crippen molar-refractivity contribution in [3.05, 3.63) is 58.1 Å². The summed E-state index contributed by atoms with van der Waals surface area (Å²) in [4.78, 5) is 46.8. The molecule has 0 aliphatic carbocycles. The fourth-order valence-electron chi connectivity index (χ4n) is 2.52. The summed E-state index contributed by atoms with van der Waals surface area (Å²) in [5.74, 6) is -1.93. The molecule has 10 nitrogen and oxygen atoms in total. The van der Waals surface area contributed by atoms with Crippen LogP contribution in [0.5, 0.6) is 5.75 Å². The van der Waals surface area contributed by atoms with Crippen LogP contribution in [0.2, 0.25) is 0 Å². The number of ether oxygens (including phenoxy) is 1. The summed E-state index contributed by atoms with van der Waals surface area (Å²) < 4.78 is 5.26. The van der Waals surface area contributed by atoms with Crippen LogP contribution in [0.25, 0.3) is 0 Å². The van der Waals surface area contributed by atoms with Gasteiger partial charge >= 0.3 is 5.97 Å². The zero-order valence-corrected chi connectivity index (χ0v) is 13.7. The van der Waals surface area contributed by atoms with Crippen LogP contribution >= 0.6 is 0 Å². The predicted octanol–water partition coefficient (Wildman–Crippen LogP) is 1.66. The molecule has 0 aromatic heterocycles. The molecule has 10 heteroatoms. The average Bonchev–Trinajstić information content (AvgIpc) is 2.64. The zero-order valence-electron chi connectivity index (χ0n) is 13.7. The Morgan fingerprint density at radius 3 is 2.56 bits per heavy atom. The fourth-order valence-corrected chi connectivity index (χ4v) is 2.52. The quantitative estimate of drug-likeness (QED) is 0.602. The first kappa shape index (κ1) is 17.9. The molecular weight excluding hydrogens is 358 g/mol. The maximum absolute atomic E-state index is 12.3. The summed E-state index contributed by atoms with van der Waals surface area (Å²) in [5, 5.41) is 22.3. The second-order valence-corrected chi connectivity index (χ2v) is 5.61. The molecular formula is C17H13N3O7. The van der Waals surface area contributed by atoms with Crippen LogP contribution < -0.4 is 15.0 Å². The van der Waals surface area contributed by atoms with Gasteiger partial charge in [0, 0.05) is 17.8 Å². The normalized spacial score (nSPS) is 12.7. The monoisotopic (exact) mass is 371 g/mol. The van der Waals surface area contributed by atoms with Crippen molar-refractivity contribution in [3.8, 4) is 5.75 Å². The third-order valence-corrected chi connectivity index (χ3v) is 3.81. The summed E-state index contributed by atoms with van der Waals surface area (Å²) in [5.41, 5.74) is 0.343. The van der Waals surface area contributed by atoms with Gasteiger partial charge in [0.15, 0.2) is 6.61 Å². The number of carbonyl (C=O) groups excluding carboxylic acids is 2. The van der Waals surface area contributed by atoms with Crippen molar-refractivity contribution in [1.82, 2.24) is 0 Å². The van der Waals surface area contributed by atoms with Crippen molar-refractivity contribution in [1.29, 1.82) is 0 Å². The van der Waals surface area contributed by atoms with E-state index in [4.69, 9.17) is 9.84 Å². The van der Waals surface area contributed by atoms with Gasteiger partial charge in [0.1, 0.15) is 12.3 Å². The van der Waals surface area contributed by atoms with E-state index in [9.17, 15) is 24.5 Å². The number of benzene rings is 2. The third-order valence-electron chi connectivity index (χ3n) is 3.81. The first-order valence-electron chi connectivity index (χ1n) is 7.70. The van der Waals surface area contributed by atoms with Crippen molar-refractivity contribution >= 4 is 34.8 Å². The number of anilines is 2. The minimum Gasteiger partial charge on any atom is -0.482 e. The van der Waals surface area contributed by atoms with E-state index in [1.54, 1.807) is 0 Å². The van der Waals surface area contributed by atoms with Gasteiger partial charge in [-0.25, -0.2) is 4.79 Å². The first-order valence-corrected chi connectivity index (χ1v) is 7.70. The molecule has 0 fully saturated rings. The van der Waals surface area contributed by atoms with E-state index in [0.29, 0.717) is 11.4 Å². The van der Waals surface area contributed by atoms with Gasteiger partial charge in [-0.1, -0.05) is 0 Å². The Balaban J connectivity index is 1.77. The smallest absolute Gasteiger partial charge is 0.335 e. The Morgan fingerprint density at radius 1 is 1.22 bits per heavy atom. The molecule has 0 saturated heterocycles. The van der Waals surface area contributed by atoms with Crippen LogP contribution in [-0.2, 0) is 9.59 Å². The second-order valence-electron chi connectivity index (χ2n) is 5.61. The van der Waals surface area contributed by atoms with Gasteiger partial charge in [-0.15, -0.1) is 0 Å². The Hall–Kier alpha value is -3.95. The number of carbonyl (C=O) groups is 3. The molecule has 138 valence electrons. The highest BCUT2D eigenvalue weighted by molar-refractivity contribution is 6.05. The number of non-ortho nitro benzene ring substituents is 1. The summed E-state index contributed by atoms with van der Waals surface area (Å²) >= 11 is 0. The van der Waals surface area contributed by atoms with E-state index in [-0.39, 0.29) is 30.1 Å². The molecule has 0 bridgehead atoms. The standard InChI is InChI=1S/C17H13N3O7/c21-15(18-11-2-4-12(5-3-11)20(25)26)8-19-13-7-10(17(23)24)1-6-14(13)27-9-16(19)22/h1-7H,8-9H2,(H,18,21)(H,23,24). The van der Waals surface area contributed by atoms with Gasteiger partial charge in [0.25, 0.3) is 11.6 Å². The Labute approximate surface area is 152 Å². The third kappa shape index (κ3) is 3.84. The van der Waals surface area contributed by atoms with Crippen LogP contribution in [0.3, 0.4) is 0 Å². The number of nitrogens with one attached hydrogen (secondary N) is 1. The molecule has 2 N–H and O–H groups in total. The number of carboxylic acid groups (broad SMARTS) is 1. The molecule has 1 heterocycles. The lowest BCUT2D eigenvalue weighted by Gasteiger charge is -2.29. The topological polar surface area (TPSA) is 139 Å². The van der Waals surface area contributed by atoms with Crippen LogP contribution in [0.15, 0.2) is 42.5 Å². The molecule has 3 rings (SSSR count). The number of nitro benzene ring substituents is 1. The number of carboxylic acids is 1. The van der Waals surface area contributed by atoms with Crippen molar-refractivity contribution in [2.45, 2.75) is 0 Å². The lowest BCUT2D eigenvalue weighted by Crippen LogP contribution is -2.43. The SMILES string of the molecule is O=C(CN1C(=O)COc2ccc(C(=O)O)cc21)Nc1ccc([N+](=O)[O-])cc1. The van der Waals surface area contributed by atoms with Gasteiger partial charge in [-0.05, 0) is 30.3 Å². The van der Waals surface area contributed by atoms with Crippen LogP contribution in [0.4, 0.5) is 17.1 Å². The van der Waals surface area contributed by atoms with Gasteiger partial charge in [0.05, 0.1) is 16.2 Å². The van der Waals surface area contributed by atoms with E-state index >= 15 is 0 Å². The molecule has 27 heavy (non-hydrogen) atoms. The fraction of sp³-hybridized carbons (Fsp3) is 0.118. The van der Waals surface area contributed by atoms with E-state index < -0.39 is 22.7 Å². The Bertz CT molecular complexity index is 940. The Morgan fingerprint density at radius 2 is 1.93 bits per heavy atom. The van der Waals surface area contributed by atoms with Crippen molar-refractivity contribution < 1.29 is 29.2 Å². The number of hydrogen-bond acceptors (Lipinski definition) is 6. The zero-order chi connectivity index (χ0) is 19.6. The maximum Gasteiger partial charge on any atom is 0.335 e. The van der Waals surface area contributed by atoms with Gasteiger partial charge in [-0.2, -0.15) is 0 Å². The minimum atomic E-state index is -1.17. The van der Waals surface area contributed by atoms with E-state index in [2.05, 4.69) is 5.32 Å². The van der Waals surface area contributed by atoms with Crippen molar-refractivity contribution in [3.63, 3.8) is 0 Å². The highest BCUT2D eigenvalue weighted by Gasteiger charge is 2.28. The first-order chi connectivity index (χ1) is 12.8. The lowest BCUT2D eigenvalue weighted by molar-refractivity contribution is -0.384. The van der Waals surface area contributed by atoms with Crippen molar-refractivity contribution in [2.75, 3.05) is 23.4 Å². The van der Waals surface area contributed by atoms with Crippen molar-refractivity contribution in [2.24, 2.45) is 0 Å². The van der Waals surface area contributed by atoms with E-state index in [1.807, 2.05) is 0 Å². The summed E-state index contributed by atoms with van der Waals surface area (Å²) in [6, 6.07) is 9.24. The second kappa shape index (κ2) is 7.12. The van der Waals surface area contributed by atoms with Gasteiger partial charge in [-0.3, -0.25) is 24.6 Å². The van der Waals surface area contributed by atoms with Gasteiger partial charge < -0.3 is 15.2 Å². The summed E-state index contributed by atoms with van der Waals surface area (Å²) in [6.45, 7) is -0.639. The molecule has 0 atom stereocenters. The van der Waals surface area contributed by atoms with E-state index in [0.717, 1.165) is 4.90 Å². The van der Waals surface area contributed by atoms with Crippen LogP contribution in [0.1, 0.15) is 10.4 Å². The number of aromatic carboxylic acids is 1. The molecule has 2 amide bonds. The maximum atomic E-state index is 12.3. The number of nitrogens with zero attached hydrogens (tertiary/aromatic N) is 2.